The van der Waals surface area contributed by atoms with E-state index >= 15 is 0 Å². The van der Waals surface area contributed by atoms with Crippen LogP contribution in [0.15, 0.2) is 53.4 Å². The fourth-order valence-corrected chi connectivity index (χ4v) is 3.73. The smallest absolute Gasteiger partial charge is 0.139 e. The highest BCUT2D eigenvalue weighted by Gasteiger charge is 2.33. The summed E-state index contributed by atoms with van der Waals surface area (Å²) in [5.74, 6) is 0.235. The molecular formula is C15H14FNO2S. The van der Waals surface area contributed by atoms with Crippen molar-refractivity contribution < 1.29 is 13.3 Å². The average molecular weight is 291 g/mol. The Labute approximate surface area is 119 Å². The molecule has 104 valence electrons. The van der Waals surface area contributed by atoms with Gasteiger partial charge in [-0.25, -0.2) is 4.39 Å². The molecule has 0 bridgehead atoms. The molecule has 3 nitrogen and oxygen atoms in total. The van der Waals surface area contributed by atoms with Gasteiger partial charge in [0.15, 0.2) is 0 Å². The number of benzene rings is 2. The maximum Gasteiger partial charge on any atom is 0.139 e. The third kappa shape index (κ3) is 2.23. The van der Waals surface area contributed by atoms with Crippen molar-refractivity contribution in [2.24, 2.45) is 5.73 Å². The molecule has 0 aliphatic carbocycles. The average Bonchev–Trinajstić information content (AvgIpc) is 2.48. The summed E-state index contributed by atoms with van der Waals surface area (Å²) in [7, 11) is -1.54. The predicted octanol–water partition coefficient (Wildman–Crippen LogP) is 2.39. The molecule has 5 heteroatoms. The van der Waals surface area contributed by atoms with Crippen LogP contribution in [-0.2, 0) is 10.8 Å². The van der Waals surface area contributed by atoms with Crippen molar-refractivity contribution in [2.45, 2.75) is 16.2 Å². The van der Waals surface area contributed by atoms with E-state index in [-0.39, 0.29) is 11.5 Å². The lowest BCUT2D eigenvalue weighted by molar-refractivity contribution is 0.273. The van der Waals surface area contributed by atoms with Crippen LogP contribution in [0.25, 0.3) is 0 Å². The van der Waals surface area contributed by atoms with E-state index in [4.69, 9.17) is 10.5 Å². The Balaban J connectivity index is 1.93. The van der Waals surface area contributed by atoms with Gasteiger partial charge < -0.3 is 10.5 Å². The van der Waals surface area contributed by atoms with Gasteiger partial charge in [-0.05, 0) is 18.2 Å². The van der Waals surface area contributed by atoms with Gasteiger partial charge in [-0.1, -0.05) is 30.3 Å². The highest BCUT2D eigenvalue weighted by Crippen LogP contribution is 2.34. The van der Waals surface area contributed by atoms with Crippen molar-refractivity contribution in [1.29, 1.82) is 0 Å². The summed E-state index contributed by atoms with van der Waals surface area (Å²) < 4.78 is 31.9. The molecular weight excluding hydrogens is 277 g/mol. The molecule has 0 fully saturated rings. The summed E-state index contributed by atoms with van der Waals surface area (Å²) in [5.41, 5.74) is 7.00. The summed E-state index contributed by atoms with van der Waals surface area (Å²) in [6.07, 6.45) is 0. The first-order chi connectivity index (χ1) is 9.68. The lowest BCUT2D eigenvalue weighted by atomic mass is 10.0. The summed E-state index contributed by atoms with van der Waals surface area (Å²) >= 11 is 0. The molecule has 0 saturated carbocycles. The van der Waals surface area contributed by atoms with E-state index in [0.29, 0.717) is 5.75 Å². The van der Waals surface area contributed by atoms with Crippen molar-refractivity contribution in [3.63, 3.8) is 0 Å². The molecule has 0 saturated heterocycles. The molecule has 0 aromatic heterocycles. The standard InChI is InChI=1S/C15H14FNO2S/c16-11-6-2-4-8-13(11)20(18)14-9-19-12-7-3-1-5-10(12)15(14)17/h1-8,14-15H,9,17H2. The third-order valence-corrected chi connectivity index (χ3v) is 5.15. The molecule has 0 radical (unpaired) electrons. The highest BCUT2D eigenvalue weighted by atomic mass is 32.2. The lowest BCUT2D eigenvalue weighted by Gasteiger charge is -2.30. The lowest BCUT2D eigenvalue weighted by Crippen LogP contribution is -2.39. The van der Waals surface area contributed by atoms with Crippen molar-refractivity contribution >= 4 is 10.8 Å². The second-order valence-electron chi connectivity index (χ2n) is 4.64. The molecule has 3 rings (SSSR count). The number of hydrogen-bond donors (Lipinski definition) is 1. The second kappa shape index (κ2) is 5.34. The van der Waals surface area contributed by atoms with Gasteiger partial charge >= 0.3 is 0 Å². The first-order valence-electron chi connectivity index (χ1n) is 6.31. The number of hydrogen-bond acceptors (Lipinski definition) is 3. The summed E-state index contributed by atoms with van der Waals surface area (Å²) in [6, 6.07) is 13.0. The number of rotatable bonds is 2. The van der Waals surface area contributed by atoms with Crippen LogP contribution in [0.4, 0.5) is 4.39 Å². The zero-order valence-corrected chi connectivity index (χ0v) is 11.5. The summed E-state index contributed by atoms with van der Waals surface area (Å²) in [4.78, 5) is 0.177. The minimum Gasteiger partial charge on any atom is -0.492 e. The van der Waals surface area contributed by atoms with E-state index in [1.165, 1.54) is 12.1 Å². The van der Waals surface area contributed by atoms with E-state index < -0.39 is 27.9 Å². The number of halogens is 1. The monoisotopic (exact) mass is 291 g/mol. The fourth-order valence-electron chi connectivity index (χ4n) is 2.33. The van der Waals surface area contributed by atoms with Crippen LogP contribution in [-0.4, -0.2) is 16.1 Å². The first-order valence-corrected chi connectivity index (χ1v) is 7.52. The van der Waals surface area contributed by atoms with Crippen LogP contribution in [0.1, 0.15) is 11.6 Å². The maximum atomic E-state index is 13.7. The quantitative estimate of drug-likeness (QED) is 0.924. The minimum atomic E-state index is -1.54. The van der Waals surface area contributed by atoms with Crippen LogP contribution >= 0.6 is 0 Å². The topological polar surface area (TPSA) is 52.3 Å². The molecule has 0 spiro atoms. The van der Waals surface area contributed by atoms with E-state index in [1.54, 1.807) is 12.1 Å². The van der Waals surface area contributed by atoms with Gasteiger partial charge in [0.1, 0.15) is 18.2 Å². The van der Waals surface area contributed by atoms with Crippen molar-refractivity contribution in [3.8, 4) is 5.75 Å². The molecule has 2 aromatic rings. The van der Waals surface area contributed by atoms with Crippen LogP contribution in [0.2, 0.25) is 0 Å². The van der Waals surface area contributed by atoms with Crippen LogP contribution in [0.3, 0.4) is 0 Å². The van der Waals surface area contributed by atoms with Gasteiger partial charge in [0.05, 0.1) is 27.0 Å². The molecule has 3 unspecified atom stereocenters. The van der Waals surface area contributed by atoms with E-state index in [1.807, 2.05) is 24.3 Å². The Kier molecular flexibility index (Phi) is 3.54. The largest absolute Gasteiger partial charge is 0.492 e. The fraction of sp³-hybridized carbons (Fsp3) is 0.200. The molecule has 0 amide bonds. The van der Waals surface area contributed by atoms with Crippen LogP contribution < -0.4 is 10.5 Å². The van der Waals surface area contributed by atoms with Gasteiger partial charge in [-0.2, -0.15) is 0 Å². The number of ether oxygens (including phenoxy) is 1. The molecule has 1 aliphatic heterocycles. The second-order valence-corrected chi connectivity index (χ2v) is 6.28. The molecule has 2 N–H and O–H groups in total. The Hall–Kier alpha value is -1.72. The molecule has 2 aromatic carbocycles. The molecule has 20 heavy (non-hydrogen) atoms. The van der Waals surface area contributed by atoms with Crippen molar-refractivity contribution in [3.05, 3.63) is 59.9 Å². The first kappa shape index (κ1) is 13.3. The Morgan fingerprint density at radius 3 is 2.65 bits per heavy atom. The van der Waals surface area contributed by atoms with Gasteiger partial charge in [-0.3, -0.25) is 4.21 Å². The van der Waals surface area contributed by atoms with E-state index in [0.717, 1.165) is 5.56 Å². The SMILES string of the molecule is NC1c2ccccc2OCC1S(=O)c1ccccc1F. The Bertz CT molecular complexity index is 662. The van der Waals surface area contributed by atoms with Crippen molar-refractivity contribution in [2.75, 3.05) is 6.61 Å². The normalized spacial score (nSPS) is 22.7. The summed E-state index contributed by atoms with van der Waals surface area (Å²) in [5, 5.41) is -0.457. The van der Waals surface area contributed by atoms with E-state index in [9.17, 15) is 8.60 Å². The Morgan fingerprint density at radius 1 is 1.15 bits per heavy atom. The number of fused-ring (bicyclic) bond motifs is 1. The highest BCUT2D eigenvalue weighted by molar-refractivity contribution is 7.85. The zero-order valence-electron chi connectivity index (χ0n) is 10.7. The Morgan fingerprint density at radius 2 is 1.85 bits per heavy atom. The number of para-hydroxylation sites is 1. The predicted molar refractivity (Wildman–Crippen MR) is 75.5 cm³/mol. The van der Waals surface area contributed by atoms with Gasteiger partial charge in [-0.15, -0.1) is 0 Å². The van der Waals surface area contributed by atoms with E-state index in [2.05, 4.69) is 0 Å². The van der Waals surface area contributed by atoms with Gasteiger partial charge in [0, 0.05) is 5.56 Å². The number of nitrogens with two attached hydrogens (primary N) is 1. The molecule has 1 heterocycles. The minimum absolute atomic E-state index is 0.177. The van der Waals surface area contributed by atoms with Crippen molar-refractivity contribution in [1.82, 2.24) is 0 Å². The maximum absolute atomic E-state index is 13.7. The summed E-state index contributed by atoms with van der Waals surface area (Å²) in [6.45, 7) is 0.221. The van der Waals surface area contributed by atoms with Gasteiger partial charge in [0.25, 0.3) is 0 Å². The van der Waals surface area contributed by atoms with Crippen LogP contribution in [0.5, 0.6) is 5.75 Å². The zero-order chi connectivity index (χ0) is 14.1. The van der Waals surface area contributed by atoms with Gasteiger partial charge in [0.2, 0.25) is 0 Å². The van der Waals surface area contributed by atoms with Crippen LogP contribution in [0, 0.1) is 5.82 Å². The molecule has 3 atom stereocenters. The third-order valence-electron chi connectivity index (χ3n) is 3.41. The molecule has 1 aliphatic rings.